The lowest BCUT2D eigenvalue weighted by Gasteiger charge is -2.26. The van der Waals surface area contributed by atoms with Crippen molar-refractivity contribution in [3.8, 4) is 11.5 Å². The zero-order valence-corrected chi connectivity index (χ0v) is 14.2. The van der Waals surface area contributed by atoms with E-state index < -0.39 is 5.97 Å². The number of hydrogen-bond acceptors (Lipinski definition) is 7. The van der Waals surface area contributed by atoms with Crippen LogP contribution in [0.4, 0.5) is 0 Å². The summed E-state index contributed by atoms with van der Waals surface area (Å²) in [6.45, 7) is 6.51. The molecule has 0 radical (unpaired) electrons. The van der Waals surface area contributed by atoms with E-state index in [1.165, 1.54) is 13.1 Å². The molecule has 1 aliphatic heterocycles. The fraction of sp³-hybridized carbons (Fsp3) is 0.529. The molecule has 0 unspecified atom stereocenters. The molecule has 7 nitrogen and oxygen atoms in total. The zero-order valence-electron chi connectivity index (χ0n) is 14.2. The van der Waals surface area contributed by atoms with Gasteiger partial charge in [-0.25, -0.2) is 4.79 Å². The molecule has 2 rings (SSSR count). The summed E-state index contributed by atoms with van der Waals surface area (Å²) in [5.74, 6) is 0.843. The molecule has 1 aromatic rings. The maximum absolute atomic E-state index is 10.7. The van der Waals surface area contributed by atoms with E-state index in [9.17, 15) is 4.79 Å². The van der Waals surface area contributed by atoms with Crippen molar-refractivity contribution < 1.29 is 23.8 Å². The topological polar surface area (TPSA) is 69.6 Å². The molecule has 132 valence electrons. The lowest BCUT2D eigenvalue weighted by atomic mass is 10.2. The van der Waals surface area contributed by atoms with Crippen molar-refractivity contribution in [2.45, 2.75) is 13.3 Å². The first-order valence-corrected chi connectivity index (χ1v) is 8.01. The number of hydrogen-bond donors (Lipinski definition) is 0. The highest BCUT2D eigenvalue weighted by Crippen LogP contribution is 2.27. The second-order valence-corrected chi connectivity index (χ2v) is 5.38. The van der Waals surface area contributed by atoms with E-state index in [4.69, 9.17) is 14.2 Å². The molecule has 24 heavy (non-hydrogen) atoms. The maximum Gasteiger partial charge on any atom is 0.331 e. The van der Waals surface area contributed by atoms with Crippen LogP contribution in [0.2, 0.25) is 0 Å². The van der Waals surface area contributed by atoms with Crippen LogP contribution in [0.1, 0.15) is 18.9 Å². The van der Waals surface area contributed by atoms with Gasteiger partial charge in [0.2, 0.25) is 0 Å². The number of ether oxygens (including phenoxy) is 3. The molecule has 0 saturated carbocycles. The smallest absolute Gasteiger partial charge is 0.331 e. The van der Waals surface area contributed by atoms with Gasteiger partial charge in [0.1, 0.15) is 0 Å². The molecule has 0 bridgehead atoms. The van der Waals surface area contributed by atoms with Crippen LogP contribution in [0.5, 0.6) is 11.5 Å². The molecule has 1 heterocycles. The largest absolute Gasteiger partial charge is 0.493 e. The van der Waals surface area contributed by atoms with Crippen molar-refractivity contribution in [1.29, 1.82) is 0 Å². The molecule has 0 aromatic heterocycles. The lowest BCUT2D eigenvalue weighted by molar-refractivity contribution is -0.140. The molecule has 1 aromatic carbocycles. The Labute approximate surface area is 142 Å². The Kier molecular flexibility index (Phi) is 7.51. The van der Waals surface area contributed by atoms with Crippen LogP contribution in [0.3, 0.4) is 0 Å². The number of rotatable bonds is 8. The van der Waals surface area contributed by atoms with Crippen LogP contribution >= 0.6 is 0 Å². The predicted octanol–water partition coefficient (Wildman–Crippen LogP) is 1.69. The van der Waals surface area contributed by atoms with Gasteiger partial charge in [0.25, 0.3) is 0 Å². The molecule has 7 heteroatoms. The van der Waals surface area contributed by atoms with Crippen LogP contribution in [0.15, 0.2) is 23.4 Å². The van der Waals surface area contributed by atoms with Crippen LogP contribution in [0, 0.1) is 0 Å². The highest BCUT2D eigenvalue weighted by Gasteiger charge is 2.10. The average Bonchev–Trinajstić information content (AvgIpc) is 2.60. The second-order valence-electron chi connectivity index (χ2n) is 5.38. The number of carbonyl (C=O) groups excluding carboxylic acids is 1. The first kappa shape index (κ1) is 18.2. The molecular weight excluding hydrogens is 312 g/mol. The zero-order chi connectivity index (χ0) is 17.2. The van der Waals surface area contributed by atoms with Crippen molar-refractivity contribution in [3.05, 3.63) is 23.8 Å². The number of benzene rings is 1. The molecule has 0 atom stereocenters. The number of oxime groups is 1. The molecule has 0 spiro atoms. The highest BCUT2D eigenvalue weighted by molar-refractivity contribution is 5.81. The van der Waals surface area contributed by atoms with Crippen LogP contribution in [-0.4, -0.2) is 63.6 Å². The quantitative estimate of drug-likeness (QED) is 0.311. The summed E-state index contributed by atoms with van der Waals surface area (Å²) in [6, 6.07) is 5.43. The minimum absolute atomic E-state index is 0.460. The van der Waals surface area contributed by atoms with Crippen molar-refractivity contribution in [3.63, 3.8) is 0 Å². The van der Waals surface area contributed by atoms with Crippen molar-refractivity contribution >= 4 is 12.2 Å². The first-order chi connectivity index (χ1) is 11.7. The van der Waals surface area contributed by atoms with Gasteiger partial charge in [-0.15, -0.1) is 0 Å². The Morgan fingerprint density at radius 3 is 2.83 bits per heavy atom. The van der Waals surface area contributed by atoms with Crippen LogP contribution in [0.25, 0.3) is 0 Å². The van der Waals surface area contributed by atoms with E-state index in [1.54, 1.807) is 13.2 Å². The van der Waals surface area contributed by atoms with Crippen molar-refractivity contribution in [2.24, 2.45) is 5.16 Å². The third kappa shape index (κ3) is 6.17. The van der Waals surface area contributed by atoms with Gasteiger partial charge in [0.15, 0.2) is 11.5 Å². The van der Waals surface area contributed by atoms with Gasteiger partial charge in [-0.3, -0.25) is 4.90 Å². The Morgan fingerprint density at radius 1 is 1.33 bits per heavy atom. The van der Waals surface area contributed by atoms with Crippen molar-refractivity contribution in [1.82, 2.24) is 4.90 Å². The summed E-state index contributed by atoms with van der Waals surface area (Å²) in [5, 5.41) is 3.59. The molecule has 1 fully saturated rings. The summed E-state index contributed by atoms with van der Waals surface area (Å²) >= 11 is 0. The molecule has 0 amide bonds. The molecule has 1 aliphatic rings. The van der Waals surface area contributed by atoms with E-state index in [0.29, 0.717) is 18.1 Å². The normalized spacial score (nSPS) is 15.4. The summed E-state index contributed by atoms with van der Waals surface area (Å²) in [7, 11) is 1.59. The van der Waals surface area contributed by atoms with E-state index >= 15 is 0 Å². The number of morpholine rings is 1. The Hall–Kier alpha value is -2.12. The molecule has 0 aliphatic carbocycles. The summed E-state index contributed by atoms with van der Waals surface area (Å²) in [4.78, 5) is 17.6. The van der Waals surface area contributed by atoms with Crippen LogP contribution < -0.4 is 9.47 Å². The number of nitrogens with zero attached hydrogens (tertiary/aromatic N) is 2. The number of carbonyl (C=O) groups is 1. The van der Waals surface area contributed by atoms with Gasteiger partial charge in [-0.05, 0) is 24.6 Å². The predicted molar refractivity (Wildman–Crippen MR) is 89.7 cm³/mol. The molecule has 1 saturated heterocycles. The minimum Gasteiger partial charge on any atom is -0.493 e. The van der Waals surface area contributed by atoms with Gasteiger partial charge >= 0.3 is 5.97 Å². The SMILES string of the molecule is COc1cc(/C=N/OC(C)=O)ccc1OCCCN1CCOCC1. The second kappa shape index (κ2) is 9.89. The first-order valence-electron chi connectivity index (χ1n) is 8.01. The molecule has 0 N–H and O–H groups in total. The average molecular weight is 336 g/mol. The van der Waals surface area contributed by atoms with Gasteiger partial charge in [0.05, 0.1) is 33.1 Å². The summed E-state index contributed by atoms with van der Waals surface area (Å²) in [5.41, 5.74) is 0.758. The Bertz CT molecular complexity index is 556. The monoisotopic (exact) mass is 336 g/mol. The minimum atomic E-state index is -0.460. The lowest BCUT2D eigenvalue weighted by Crippen LogP contribution is -2.37. The maximum atomic E-state index is 10.7. The van der Waals surface area contributed by atoms with E-state index in [2.05, 4.69) is 14.9 Å². The van der Waals surface area contributed by atoms with Gasteiger partial charge < -0.3 is 19.0 Å². The fourth-order valence-electron chi connectivity index (χ4n) is 2.34. The highest BCUT2D eigenvalue weighted by atomic mass is 16.7. The third-order valence-electron chi connectivity index (χ3n) is 3.55. The fourth-order valence-corrected chi connectivity index (χ4v) is 2.34. The van der Waals surface area contributed by atoms with Gasteiger partial charge in [0, 0.05) is 32.1 Å². The van der Waals surface area contributed by atoms with Gasteiger partial charge in [-0.1, -0.05) is 5.16 Å². The standard InChI is InChI=1S/C17H24N2O5/c1-14(20)24-18-13-15-4-5-16(17(12-15)21-2)23-9-3-6-19-7-10-22-11-8-19/h4-5,12-13H,3,6-11H2,1-2H3/b18-13+. The Morgan fingerprint density at radius 2 is 2.12 bits per heavy atom. The van der Waals surface area contributed by atoms with Gasteiger partial charge in [-0.2, -0.15) is 0 Å². The van der Waals surface area contributed by atoms with E-state index in [0.717, 1.165) is 44.8 Å². The number of methoxy groups -OCH3 is 1. The summed E-state index contributed by atoms with van der Waals surface area (Å²) in [6.07, 6.45) is 2.39. The Balaban J connectivity index is 1.81. The van der Waals surface area contributed by atoms with Crippen molar-refractivity contribution in [2.75, 3.05) is 46.6 Å². The van der Waals surface area contributed by atoms with E-state index in [1.807, 2.05) is 12.1 Å². The summed E-state index contributed by atoms with van der Waals surface area (Å²) < 4.78 is 16.5. The third-order valence-corrected chi connectivity index (χ3v) is 3.55. The molecular formula is C17H24N2O5. The van der Waals surface area contributed by atoms with Crippen LogP contribution in [-0.2, 0) is 14.4 Å². The van der Waals surface area contributed by atoms with E-state index in [-0.39, 0.29) is 0 Å².